The van der Waals surface area contributed by atoms with Gasteiger partial charge in [-0.3, -0.25) is 39.1 Å². The van der Waals surface area contributed by atoms with Crippen LogP contribution >= 0.6 is 0 Å². The number of ether oxygens (including phenoxy) is 1. The first-order chi connectivity index (χ1) is 10.7. The average molecular weight is 328 g/mol. The number of carbonyl (C=O) groups is 5. The molecule has 0 aromatic rings. The molecule has 1 aliphatic rings. The van der Waals surface area contributed by atoms with E-state index in [1.807, 2.05) is 0 Å². The van der Waals surface area contributed by atoms with E-state index in [1.165, 1.54) is 4.90 Å². The molecule has 1 atom stereocenters. The summed E-state index contributed by atoms with van der Waals surface area (Å²) in [4.78, 5) is 59.2. The third kappa shape index (κ3) is 6.98. The van der Waals surface area contributed by atoms with Gasteiger partial charge in [0.05, 0.1) is 26.2 Å². The molecule has 0 aromatic heterocycles. The molecular formula is C13H20N4O6. The van der Waals surface area contributed by atoms with Crippen molar-refractivity contribution in [2.24, 2.45) is 5.73 Å². The van der Waals surface area contributed by atoms with Crippen LogP contribution in [0.5, 0.6) is 0 Å². The van der Waals surface area contributed by atoms with E-state index >= 15 is 0 Å². The molecule has 0 aromatic carbocycles. The molecular weight excluding hydrogens is 308 g/mol. The van der Waals surface area contributed by atoms with E-state index in [2.05, 4.69) is 10.1 Å². The smallest absolute Gasteiger partial charge is 0.327 e. The highest BCUT2D eigenvalue weighted by atomic mass is 16.6. The Hall–Kier alpha value is -2.33. The zero-order chi connectivity index (χ0) is 17.6. The van der Waals surface area contributed by atoms with Crippen molar-refractivity contribution in [2.75, 3.05) is 32.7 Å². The van der Waals surface area contributed by atoms with Crippen molar-refractivity contribution in [3.8, 4) is 0 Å². The molecule has 10 nitrogen and oxygen atoms in total. The lowest BCUT2D eigenvalue weighted by atomic mass is 10.2. The van der Waals surface area contributed by atoms with Crippen LogP contribution in [0.3, 0.4) is 0 Å². The second-order valence-electron chi connectivity index (χ2n) is 5.33. The number of nitrogens with two attached hydrogens (primary N) is 1. The lowest BCUT2D eigenvalue weighted by Crippen LogP contribution is -2.55. The second-order valence-corrected chi connectivity index (χ2v) is 5.33. The Labute approximate surface area is 132 Å². The number of amides is 3. The van der Waals surface area contributed by atoms with Gasteiger partial charge >= 0.3 is 11.9 Å². The molecule has 0 saturated carbocycles. The van der Waals surface area contributed by atoms with E-state index in [1.54, 1.807) is 11.8 Å². The predicted octanol–water partition coefficient (Wildman–Crippen LogP) is -2.79. The molecule has 0 aliphatic carbocycles. The molecule has 1 heterocycles. The number of esters is 2. The van der Waals surface area contributed by atoms with E-state index in [4.69, 9.17) is 5.73 Å². The maximum atomic E-state index is 11.6. The van der Waals surface area contributed by atoms with Gasteiger partial charge in [0.1, 0.15) is 0 Å². The molecule has 1 aliphatic heterocycles. The van der Waals surface area contributed by atoms with E-state index in [9.17, 15) is 24.0 Å². The number of hydrogen-bond acceptors (Lipinski definition) is 8. The lowest BCUT2D eigenvalue weighted by Gasteiger charge is -2.33. The Morgan fingerprint density at radius 1 is 1.26 bits per heavy atom. The summed E-state index contributed by atoms with van der Waals surface area (Å²) in [6.45, 7) is 2.62. The molecule has 10 heteroatoms. The molecule has 0 spiro atoms. The topological polar surface area (TPSA) is 139 Å². The minimum atomic E-state index is -0.807. The summed E-state index contributed by atoms with van der Waals surface area (Å²) in [6.07, 6.45) is 0. The summed E-state index contributed by atoms with van der Waals surface area (Å²) < 4.78 is 4.43. The van der Waals surface area contributed by atoms with Crippen LogP contribution in [0.15, 0.2) is 0 Å². The number of hydrogen-bond donors (Lipinski definition) is 2. The minimum Gasteiger partial charge on any atom is -0.392 e. The van der Waals surface area contributed by atoms with Gasteiger partial charge in [-0.15, -0.1) is 0 Å². The van der Waals surface area contributed by atoms with Crippen LogP contribution in [0.2, 0.25) is 0 Å². The summed E-state index contributed by atoms with van der Waals surface area (Å²) in [6, 6.07) is -0.374. The molecule has 0 unspecified atom stereocenters. The number of nitrogens with zero attached hydrogens (tertiary/aromatic N) is 2. The van der Waals surface area contributed by atoms with Crippen LogP contribution in [-0.2, 0) is 28.7 Å². The van der Waals surface area contributed by atoms with Gasteiger partial charge in [-0.05, 0) is 6.92 Å². The Bertz CT molecular complexity index is 505. The Balaban J connectivity index is 2.67. The molecule has 1 saturated heterocycles. The third-order valence-corrected chi connectivity index (χ3v) is 3.11. The number of primary amides is 1. The molecule has 1 rings (SSSR count). The maximum Gasteiger partial charge on any atom is 0.327 e. The van der Waals surface area contributed by atoms with Crippen LogP contribution in [0.1, 0.15) is 13.8 Å². The van der Waals surface area contributed by atoms with E-state index in [0.29, 0.717) is 0 Å². The standard InChI is InChI=1S/C13H20N4O6/c1-8(3-16-5-11(20)15-12(21)6-16)17(4-10(14)19)7-13(22)23-9(2)18/h8H,3-7H2,1-2H3,(H2,14,19)(H,15,20,21)/t8-/m0/s1. The van der Waals surface area contributed by atoms with Gasteiger partial charge in [0.2, 0.25) is 17.7 Å². The first kappa shape index (κ1) is 18.7. The molecule has 3 N–H and O–H groups in total. The first-order valence-electron chi connectivity index (χ1n) is 6.96. The SMILES string of the molecule is CC(=O)OC(=O)CN(CC(N)=O)[C@@H](C)CN1CC(=O)NC(=O)C1. The summed E-state index contributed by atoms with van der Waals surface area (Å²) >= 11 is 0. The third-order valence-electron chi connectivity index (χ3n) is 3.11. The molecule has 23 heavy (non-hydrogen) atoms. The van der Waals surface area contributed by atoms with Gasteiger partial charge in [0.15, 0.2) is 0 Å². The van der Waals surface area contributed by atoms with Crippen molar-refractivity contribution in [3.63, 3.8) is 0 Å². The first-order valence-corrected chi connectivity index (χ1v) is 6.96. The Kier molecular flexibility index (Phi) is 6.79. The highest BCUT2D eigenvalue weighted by Gasteiger charge is 2.27. The fourth-order valence-electron chi connectivity index (χ4n) is 2.24. The summed E-state index contributed by atoms with van der Waals surface area (Å²) in [5, 5.41) is 2.18. The molecule has 128 valence electrons. The van der Waals surface area contributed by atoms with Crippen molar-refractivity contribution in [1.82, 2.24) is 15.1 Å². The minimum absolute atomic E-state index is 0.0401. The fourth-order valence-corrected chi connectivity index (χ4v) is 2.24. The van der Waals surface area contributed by atoms with E-state index in [-0.39, 0.29) is 38.8 Å². The van der Waals surface area contributed by atoms with Crippen LogP contribution in [0, 0.1) is 0 Å². The molecule has 1 fully saturated rings. The fraction of sp³-hybridized carbons (Fsp3) is 0.615. The predicted molar refractivity (Wildman–Crippen MR) is 76.6 cm³/mol. The monoisotopic (exact) mass is 328 g/mol. The molecule has 3 amide bonds. The number of piperazine rings is 1. The van der Waals surface area contributed by atoms with Gasteiger partial charge < -0.3 is 10.5 Å². The largest absolute Gasteiger partial charge is 0.392 e. The Morgan fingerprint density at radius 2 is 1.83 bits per heavy atom. The zero-order valence-electron chi connectivity index (χ0n) is 13.0. The normalized spacial score (nSPS) is 16.8. The van der Waals surface area contributed by atoms with Crippen LogP contribution in [0.25, 0.3) is 0 Å². The van der Waals surface area contributed by atoms with E-state index < -0.39 is 29.7 Å². The summed E-state index contributed by atoms with van der Waals surface area (Å²) in [5.41, 5.74) is 5.15. The van der Waals surface area contributed by atoms with Crippen LogP contribution in [0.4, 0.5) is 0 Å². The summed E-state index contributed by atoms with van der Waals surface area (Å²) in [7, 11) is 0. The van der Waals surface area contributed by atoms with Gasteiger partial charge in [-0.25, -0.2) is 0 Å². The van der Waals surface area contributed by atoms with Gasteiger partial charge in [0, 0.05) is 19.5 Å². The van der Waals surface area contributed by atoms with Crippen molar-refractivity contribution in [2.45, 2.75) is 19.9 Å². The number of rotatable bonds is 7. The van der Waals surface area contributed by atoms with Crippen molar-refractivity contribution in [3.05, 3.63) is 0 Å². The van der Waals surface area contributed by atoms with E-state index in [0.717, 1.165) is 6.92 Å². The van der Waals surface area contributed by atoms with Gasteiger partial charge in [-0.1, -0.05) is 0 Å². The van der Waals surface area contributed by atoms with Crippen LogP contribution < -0.4 is 11.1 Å². The average Bonchev–Trinajstić information content (AvgIpc) is 2.34. The number of carbonyl (C=O) groups excluding carboxylic acids is 5. The van der Waals surface area contributed by atoms with Crippen molar-refractivity contribution in [1.29, 1.82) is 0 Å². The number of nitrogens with one attached hydrogen (secondary N) is 1. The highest BCUT2D eigenvalue weighted by Crippen LogP contribution is 2.05. The maximum absolute atomic E-state index is 11.6. The Morgan fingerprint density at radius 3 is 2.30 bits per heavy atom. The molecule has 0 bridgehead atoms. The highest BCUT2D eigenvalue weighted by molar-refractivity contribution is 5.99. The van der Waals surface area contributed by atoms with Crippen molar-refractivity contribution < 1.29 is 28.7 Å². The second kappa shape index (κ2) is 8.34. The molecule has 0 radical (unpaired) electrons. The van der Waals surface area contributed by atoms with Crippen LogP contribution in [-0.4, -0.2) is 78.2 Å². The van der Waals surface area contributed by atoms with Crippen molar-refractivity contribution >= 4 is 29.7 Å². The number of imide groups is 1. The lowest BCUT2D eigenvalue weighted by molar-refractivity contribution is -0.159. The summed E-state index contributed by atoms with van der Waals surface area (Å²) in [5.74, 6) is -3.03. The quantitative estimate of drug-likeness (QED) is 0.290. The van der Waals surface area contributed by atoms with Gasteiger partial charge in [0.25, 0.3) is 0 Å². The zero-order valence-corrected chi connectivity index (χ0v) is 13.0. The van der Waals surface area contributed by atoms with Gasteiger partial charge in [-0.2, -0.15) is 0 Å².